The van der Waals surface area contributed by atoms with Gasteiger partial charge in [-0.1, -0.05) is 55.5 Å². The average Bonchev–Trinajstić information content (AvgIpc) is 3.00. The van der Waals surface area contributed by atoms with Crippen molar-refractivity contribution in [2.75, 3.05) is 6.61 Å². The zero-order valence-electron chi connectivity index (χ0n) is 17.3. The quantitative estimate of drug-likeness (QED) is 0.523. The number of benzene rings is 2. The maximum absolute atomic E-state index is 13.7. The first-order valence-corrected chi connectivity index (χ1v) is 11.7. The molecule has 0 spiro atoms. The molecule has 0 N–H and O–H groups in total. The smallest absolute Gasteiger partial charge is 0.338 e. The van der Waals surface area contributed by atoms with Gasteiger partial charge in [0.15, 0.2) is 11.3 Å². The van der Waals surface area contributed by atoms with E-state index < -0.39 is 45.1 Å². The van der Waals surface area contributed by atoms with Crippen molar-refractivity contribution in [1.82, 2.24) is 4.31 Å². The van der Waals surface area contributed by atoms with Gasteiger partial charge in [0, 0.05) is 17.0 Å². The van der Waals surface area contributed by atoms with Crippen LogP contribution in [-0.2, 0) is 29.9 Å². The highest BCUT2D eigenvalue weighted by Gasteiger charge is 2.70. The number of rotatable bonds is 5. The molecule has 1 amide bonds. The summed E-state index contributed by atoms with van der Waals surface area (Å²) in [5, 5.41) is 0. The summed E-state index contributed by atoms with van der Waals surface area (Å²) in [6.45, 7) is 3.34. The molecule has 0 saturated carbocycles. The van der Waals surface area contributed by atoms with Crippen molar-refractivity contribution in [3.63, 3.8) is 0 Å². The normalized spacial score (nSPS) is 26.1. The first kappa shape index (κ1) is 21.2. The Morgan fingerprint density at radius 2 is 1.71 bits per heavy atom. The van der Waals surface area contributed by atoms with Crippen LogP contribution in [0.25, 0.3) is 0 Å². The molecule has 162 valence electrons. The lowest BCUT2D eigenvalue weighted by Gasteiger charge is -2.46. The summed E-state index contributed by atoms with van der Waals surface area (Å²) in [6, 6.07) is 14.4. The van der Waals surface area contributed by atoms with Crippen LogP contribution in [0.1, 0.15) is 42.6 Å². The number of ether oxygens (including phenoxy) is 1. The standard InChI is InChI=1S/C23H23NO6S/c1-3-15-14-18(20(25)16-10-6-5-7-11-16)23(22(27)30-4-2)17-12-8-9-13-19(17)31(28,29)24(23)21(15)26/h5-13,15,18H,3-4,14H2,1-2H3/t15-,18-,23-/m1/s1. The summed E-state index contributed by atoms with van der Waals surface area (Å²) in [5.74, 6) is -3.78. The predicted molar refractivity (Wildman–Crippen MR) is 111 cm³/mol. The maximum atomic E-state index is 13.7. The van der Waals surface area contributed by atoms with Crippen molar-refractivity contribution in [3.05, 3.63) is 65.7 Å². The van der Waals surface area contributed by atoms with Crippen molar-refractivity contribution in [3.8, 4) is 0 Å². The first-order chi connectivity index (χ1) is 14.8. The summed E-state index contributed by atoms with van der Waals surface area (Å²) in [6.07, 6.45) is 0.404. The number of sulfonamides is 1. The Hall–Kier alpha value is -3.00. The molecule has 4 rings (SSSR count). The second kappa shape index (κ2) is 7.60. The van der Waals surface area contributed by atoms with Crippen molar-refractivity contribution in [1.29, 1.82) is 0 Å². The second-order valence-corrected chi connectivity index (χ2v) is 9.47. The molecule has 2 heterocycles. The monoisotopic (exact) mass is 441 g/mol. The zero-order valence-corrected chi connectivity index (χ0v) is 18.1. The number of amides is 1. The van der Waals surface area contributed by atoms with Crippen LogP contribution in [0.4, 0.5) is 0 Å². The van der Waals surface area contributed by atoms with Gasteiger partial charge in [0.1, 0.15) is 0 Å². The van der Waals surface area contributed by atoms with E-state index in [9.17, 15) is 22.8 Å². The van der Waals surface area contributed by atoms with Gasteiger partial charge < -0.3 is 4.74 Å². The number of ketones is 1. The molecule has 3 atom stereocenters. The van der Waals surface area contributed by atoms with Crippen molar-refractivity contribution < 1.29 is 27.5 Å². The van der Waals surface area contributed by atoms with E-state index in [0.29, 0.717) is 16.3 Å². The average molecular weight is 442 g/mol. The fourth-order valence-corrected chi connectivity index (χ4v) is 6.78. The molecule has 0 radical (unpaired) electrons. The van der Waals surface area contributed by atoms with Gasteiger partial charge in [-0.2, -0.15) is 0 Å². The minimum atomic E-state index is -4.34. The minimum absolute atomic E-state index is 0.0196. The van der Waals surface area contributed by atoms with Crippen LogP contribution in [0.3, 0.4) is 0 Å². The Kier molecular flexibility index (Phi) is 5.21. The Balaban J connectivity index is 2.05. The van der Waals surface area contributed by atoms with E-state index >= 15 is 0 Å². The fraction of sp³-hybridized carbons (Fsp3) is 0.348. The molecular weight excluding hydrogens is 418 g/mol. The predicted octanol–water partition coefficient (Wildman–Crippen LogP) is 2.90. The lowest BCUT2D eigenvalue weighted by atomic mass is 9.67. The summed E-state index contributed by atoms with van der Waals surface area (Å²) >= 11 is 0. The number of carbonyl (C=O) groups is 3. The van der Waals surface area contributed by atoms with E-state index in [1.54, 1.807) is 50.2 Å². The fourth-order valence-electron chi connectivity index (χ4n) is 4.76. The molecular formula is C23H23NO6S. The highest BCUT2D eigenvalue weighted by atomic mass is 32.2. The van der Waals surface area contributed by atoms with Crippen LogP contribution in [0.5, 0.6) is 0 Å². The molecule has 0 unspecified atom stereocenters. The number of hydrogen-bond acceptors (Lipinski definition) is 6. The summed E-state index contributed by atoms with van der Waals surface area (Å²) < 4.78 is 33.0. The summed E-state index contributed by atoms with van der Waals surface area (Å²) in [5.41, 5.74) is -1.59. The third kappa shape index (κ3) is 2.85. The molecule has 8 heteroatoms. The highest BCUT2D eigenvalue weighted by molar-refractivity contribution is 7.90. The van der Waals surface area contributed by atoms with Crippen LogP contribution in [0.15, 0.2) is 59.5 Å². The molecule has 1 fully saturated rings. The molecule has 1 saturated heterocycles. The summed E-state index contributed by atoms with van der Waals surface area (Å²) in [4.78, 5) is 40.4. The van der Waals surface area contributed by atoms with E-state index in [1.165, 1.54) is 18.2 Å². The van der Waals surface area contributed by atoms with Gasteiger partial charge in [-0.15, -0.1) is 0 Å². The molecule has 7 nitrogen and oxygen atoms in total. The van der Waals surface area contributed by atoms with Gasteiger partial charge >= 0.3 is 5.97 Å². The SMILES string of the molecule is CCOC(=O)[C@]12c3ccccc3S(=O)(=O)N1C(=O)[C@H](CC)C[C@@H]2C(=O)c1ccccc1. The van der Waals surface area contributed by atoms with Gasteiger partial charge in [0.25, 0.3) is 10.0 Å². The van der Waals surface area contributed by atoms with Crippen LogP contribution < -0.4 is 0 Å². The Morgan fingerprint density at radius 3 is 2.35 bits per heavy atom. The number of carbonyl (C=O) groups excluding carboxylic acids is 3. The van der Waals surface area contributed by atoms with E-state index in [0.717, 1.165) is 0 Å². The number of nitrogens with zero attached hydrogens (tertiary/aromatic N) is 1. The first-order valence-electron chi connectivity index (χ1n) is 10.3. The molecule has 31 heavy (non-hydrogen) atoms. The topological polar surface area (TPSA) is 97.8 Å². The number of piperidine rings is 1. The molecule has 0 aromatic heterocycles. The molecule has 2 aromatic carbocycles. The molecule has 0 aliphatic carbocycles. The van der Waals surface area contributed by atoms with Crippen LogP contribution in [0, 0.1) is 11.8 Å². The molecule has 2 aliphatic rings. The summed E-state index contributed by atoms with van der Waals surface area (Å²) in [7, 11) is -4.34. The maximum Gasteiger partial charge on any atom is 0.338 e. The van der Waals surface area contributed by atoms with E-state index in [-0.39, 0.29) is 23.5 Å². The van der Waals surface area contributed by atoms with Gasteiger partial charge in [-0.25, -0.2) is 17.5 Å². The minimum Gasteiger partial charge on any atom is -0.464 e. The third-order valence-corrected chi connectivity index (χ3v) is 8.02. The van der Waals surface area contributed by atoms with E-state index in [2.05, 4.69) is 0 Å². The Morgan fingerprint density at radius 1 is 1.06 bits per heavy atom. The third-order valence-electron chi connectivity index (χ3n) is 6.16. The molecule has 0 bridgehead atoms. The second-order valence-electron chi connectivity index (χ2n) is 7.71. The van der Waals surface area contributed by atoms with E-state index in [1.807, 2.05) is 0 Å². The number of hydrogen-bond donors (Lipinski definition) is 0. The van der Waals surface area contributed by atoms with Crippen LogP contribution in [0.2, 0.25) is 0 Å². The number of esters is 1. The van der Waals surface area contributed by atoms with Crippen molar-refractivity contribution in [2.45, 2.75) is 37.1 Å². The molecule has 2 aliphatic heterocycles. The van der Waals surface area contributed by atoms with Gasteiger partial charge in [-0.05, 0) is 25.8 Å². The Bertz CT molecular complexity index is 1160. The lowest BCUT2D eigenvalue weighted by molar-refractivity contribution is -0.168. The zero-order chi connectivity index (χ0) is 22.4. The van der Waals surface area contributed by atoms with Crippen LogP contribution in [-0.4, -0.2) is 37.0 Å². The number of fused-ring (bicyclic) bond motifs is 3. The van der Waals surface area contributed by atoms with Gasteiger partial charge in [-0.3, -0.25) is 9.59 Å². The lowest BCUT2D eigenvalue weighted by Crippen LogP contribution is -2.64. The van der Waals surface area contributed by atoms with Gasteiger partial charge in [0.2, 0.25) is 5.91 Å². The largest absolute Gasteiger partial charge is 0.464 e. The van der Waals surface area contributed by atoms with Crippen LogP contribution >= 0.6 is 0 Å². The van der Waals surface area contributed by atoms with Crippen molar-refractivity contribution in [2.24, 2.45) is 11.8 Å². The van der Waals surface area contributed by atoms with E-state index in [4.69, 9.17) is 4.74 Å². The van der Waals surface area contributed by atoms with Gasteiger partial charge in [0.05, 0.1) is 17.4 Å². The molecule has 2 aromatic rings. The van der Waals surface area contributed by atoms with Crippen molar-refractivity contribution >= 4 is 27.7 Å². The Labute approximate surface area is 181 Å². The number of Topliss-reactive ketones (excluding diaryl/α,β-unsaturated/α-hetero) is 1. The highest BCUT2D eigenvalue weighted by Crippen LogP contribution is 2.55.